The molecule has 7 heteroatoms. The van der Waals surface area contributed by atoms with Crippen LogP contribution in [0.5, 0.6) is 0 Å². The molecule has 1 aliphatic rings. The predicted octanol–water partition coefficient (Wildman–Crippen LogP) is 2.73. The largest absolute Gasteiger partial charge is 0.423 e. The van der Waals surface area contributed by atoms with Gasteiger partial charge in [0.2, 0.25) is 5.60 Å². The molecule has 1 unspecified atom stereocenters. The highest BCUT2D eigenvalue weighted by Crippen LogP contribution is 2.52. The zero-order valence-corrected chi connectivity index (χ0v) is 8.41. The van der Waals surface area contributed by atoms with E-state index in [0.717, 1.165) is 13.8 Å². The molecule has 1 heterocycles. The van der Waals surface area contributed by atoms with Gasteiger partial charge in [-0.15, -0.1) is 0 Å². The Kier molecular flexibility index (Phi) is 2.56. The number of halogens is 5. The molecular formula is C8H11F5O2. The summed E-state index contributed by atoms with van der Waals surface area (Å²) in [6.07, 6.45) is -5.16. The summed E-state index contributed by atoms with van der Waals surface area (Å²) in [5.74, 6) is -4.16. The Hall–Kier alpha value is -0.430. The van der Waals surface area contributed by atoms with E-state index in [9.17, 15) is 22.0 Å². The average molecular weight is 234 g/mol. The first kappa shape index (κ1) is 12.6. The molecule has 0 aromatic carbocycles. The van der Waals surface area contributed by atoms with Gasteiger partial charge in [0, 0.05) is 0 Å². The van der Waals surface area contributed by atoms with Gasteiger partial charge in [0.15, 0.2) is 0 Å². The van der Waals surface area contributed by atoms with Crippen molar-refractivity contribution in [2.24, 2.45) is 0 Å². The van der Waals surface area contributed by atoms with Crippen LogP contribution in [-0.4, -0.2) is 30.1 Å². The quantitative estimate of drug-likeness (QED) is 0.600. The van der Waals surface area contributed by atoms with Gasteiger partial charge in [-0.05, 0) is 20.8 Å². The number of ether oxygens (including phenoxy) is 2. The van der Waals surface area contributed by atoms with Gasteiger partial charge >= 0.3 is 12.1 Å². The molecule has 90 valence electrons. The fourth-order valence-electron chi connectivity index (χ4n) is 1.31. The van der Waals surface area contributed by atoms with Crippen molar-refractivity contribution in [1.82, 2.24) is 0 Å². The smallest absolute Gasteiger partial charge is 0.343 e. The fraction of sp³-hybridized carbons (Fsp3) is 1.00. The molecule has 15 heavy (non-hydrogen) atoms. The van der Waals surface area contributed by atoms with Gasteiger partial charge in [0.25, 0.3) is 0 Å². The molecule has 0 aromatic rings. The molecule has 0 amide bonds. The highest BCUT2D eigenvalue weighted by atomic mass is 19.4. The van der Waals surface area contributed by atoms with Crippen molar-refractivity contribution in [3.05, 3.63) is 0 Å². The number of hydrogen-bond donors (Lipinski definition) is 0. The summed E-state index contributed by atoms with van der Waals surface area (Å²) in [6.45, 7) is 1.33. The second-order valence-electron chi connectivity index (χ2n) is 4.02. The molecule has 0 N–H and O–H groups in total. The van der Waals surface area contributed by atoms with Crippen molar-refractivity contribution in [3.63, 3.8) is 0 Å². The van der Waals surface area contributed by atoms with E-state index in [1.165, 1.54) is 0 Å². The summed E-state index contributed by atoms with van der Waals surface area (Å²) in [5, 5.41) is 0. The zero-order chi connectivity index (χ0) is 12.1. The van der Waals surface area contributed by atoms with Crippen molar-refractivity contribution in [2.45, 2.75) is 44.1 Å². The van der Waals surface area contributed by atoms with E-state index in [1.54, 1.807) is 0 Å². The van der Waals surface area contributed by atoms with Crippen LogP contribution in [0.15, 0.2) is 0 Å². The molecule has 1 atom stereocenters. The first-order valence-electron chi connectivity index (χ1n) is 4.18. The highest BCUT2D eigenvalue weighted by Gasteiger charge is 2.75. The lowest BCUT2D eigenvalue weighted by atomic mass is 9.84. The van der Waals surface area contributed by atoms with Crippen molar-refractivity contribution < 1.29 is 31.4 Å². The van der Waals surface area contributed by atoms with E-state index in [-0.39, 0.29) is 0 Å². The third-order valence-electron chi connectivity index (χ3n) is 2.66. The number of hydrogen-bond acceptors (Lipinski definition) is 2. The maximum atomic E-state index is 13.6. The van der Waals surface area contributed by atoms with E-state index in [2.05, 4.69) is 9.47 Å². The van der Waals surface area contributed by atoms with Crippen molar-refractivity contribution >= 4 is 0 Å². The van der Waals surface area contributed by atoms with Gasteiger partial charge in [-0.1, -0.05) is 0 Å². The second kappa shape index (κ2) is 3.04. The Balaban J connectivity index is 3.20. The van der Waals surface area contributed by atoms with Crippen LogP contribution in [0, 0.1) is 0 Å². The third-order valence-corrected chi connectivity index (χ3v) is 2.66. The first-order chi connectivity index (χ1) is 6.46. The second-order valence-corrected chi connectivity index (χ2v) is 4.02. The molecule has 1 aliphatic heterocycles. The van der Waals surface area contributed by atoms with E-state index in [4.69, 9.17) is 0 Å². The minimum absolute atomic E-state index is 0.331. The molecular weight excluding hydrogens is 223 g/mol. The predicted molar refractivity (Wildman–Crippen MR) is 40.5 cm³/mol. The van der Waals surface area contributed by atoms with E-state index in [1.807, 2.05) is 0 Å². The third kappa shape index (κ3) is 1.52. The van der Waals surface area contributed by atoms with Gasteiger partial charge in [0.1, 0.15) is 12.4 Å². The molecule has 1 rings (SSSR count). The molecule has 0 saturated carbocycles. The molecule has 0 aliphatic carbocycles. The standard InChI is InChI=1S/C8H11F5O2/c1-5(2)7(9,10)6(3,8(11,12)13)15-4-14-5/h4H2,1-3H3. The van der Waals surface area contributed by atoms with Gasteiger partial charge < -0.3 is 9.47 Å². The average Bonchev–Trinajstić information content (AvgIpc) is 1.98. The van der Waals surface area contributed by atoms with Gasteiger partial charge in [-0.3, -0.25) is 0 Å². The zero-order valence-electron chi connectivity index (χ0n) is 8.41. The maximum absolute atomic E-state index is 13.6. The van der Waals surface area contributed by atoms with Crippen LogP contribution in [0.2, 0.25) is 0 Å². The Bertz CT molecular complexity index is 260. The lowest BCUT2D eigenvalue weighted by Gasteiger charge is -2.49. The molecule has 0 bridgehead atoms. The SMILES string of the molecule is CC1(C)OCOC(C)(C(F)(F)F)C1(F)F. The van der Waals surface area contributed by atoms with Crippen LogP contribution < -0.4 is 0 Å². The molecule has 1 saturated heterocycles. The van der Waals surface area contributed by atoms with Crippen molar-refractivity contribution in [1.29, 1.82) is 0 Å². The monoisotopic (exact) mass is 234 g/mol. The first-order valence-corrected chi connectivity index (χ1v) is 4.18. The summed E-state index contributed by atoms with van der Waals surface area (Å²) in [5.41, 5.74) is -5.72. The Labute approximate surface area is 83.3 Å². The Morgan fingerprint density at radius 3 is 1.80 bits per heavy atom. The van der Waals surface area contributed by atoms with Crippen LogP contribution in [0.1, 0.15) is 20.8 Å². The summed E-state index contributed by atoms with van der Waals surface area (Å²) in [4.78, 5) is 0. The molecule has 1 fully saturated rings. The van der Waals surface area contributed by atoms with Crippen LogP contribution in [0.25, 0.3) is 0 Å². The Morgan fingerprint density at radius 1 is 1.00 bits per heavy atom. The molecule has 2 nitrogen and oxygen atoms in total. The van der Waals surface area contributed by atoms with Gasteiger partial charge in [0.05, 0.1) is 0 Å². The van der Waals surface area contributed by atoms with E-state index >= 15 is 0 Å². The van der Waals surface area contributed by atoms with Crippen LogP contribution in [-0.2, 0) is 9.47 Å². The lowest BCUT2D eigenvalue weighted by Crippen LogP contribution is -2.70. The fourth-order valence-corrected chi connectivity index (χ4v) is 1.31. The lowest BCUT2D eigenvalue weighted by molar-refractivity contribution is -0.429. The molecule has 0 spiro atoms. The van der Waals surface area contributed by atoms with Crippen LogP contribution >= 0.6 is 0 Å². The van der Waals surface area contributed by atoms with Crippen LogP contribution in [0.3, 0.4) is 0 Å². The summed E-state index contributed by atoms with van der Waals surface area (Å²) >= 11 is 0. The highest BCUT2D eigenvalue weighted by molar-refractivity contribution is 5.07. The number of alkyl halides is 5. The van der Waals surface area contributed by atoms with E-state index < -0.39 is 30.1 Å². The maximum Gasteiger partial charge on any atom is 0.423 e. The topological polar surface area (TPSA) is 18.5 Å². The van der Waals surface area contributed by atoms with Crippen LogP contribution in [0.4, 0.5) is 22.0 Å². The Morgan fingerprint density at radius 2 is 1.47 bits per heavy atom. The van der Waals surface area contributed by atoms with Crippen molar-refractivity contribution in [3.8, 4) is 0 Å². The molecule has 0 aromatic heterocycles. The summed E-state index contributed by atoms with van der Waals surface area (Å²) in [6, 6.07) is 0. The number of rotatable bonds is 0. The van der Waals surface area contributed by atoms with Gasteiger partial charge in [-0.25, -0.2) is 0 Å². The summed E-state index contributed by atoms with van der Waals surface area (Å²) in [7, 11) is 0. The van der Waals surface area contributed by atoms with Crippen molar-refractivity contribution in [2.75, 3.05) is 6.79 Å². The minimum atomic E-state index is -5.16. The minimum Gasteiger partial charge on any atom is -0.343 e. The summed E-state index contributed by atoms with van der Waals surface area (Å²) < 4.78 is 73.2. The van der Waals surface area contributed by atoms with E-state index in [0.29, 0.717) is 6.92 Å². The molecule has 0 radical (unpaired) electrons. The van der Waals surface area contributed by atoms with Gasteiger partial charge in [-0.2, -0.15) is 22.0 Å². The normalized spacial score (nSPS) is 35.2.